The first-order valence-electron chi connectivity index (χ1n) is 8.40. The molecule has 3 aromatic rings. The van der Waals surface area contributed by atoms with E-state index in [0.29, 0.717) is 27.7 Å². The van der Waals surface area contributed by atoms with E-state index < -0.39 is 0 Å². The molecule has 1 aliphatic heterocycles. The van der Waals surface area contributed by atoms with Crippen molar-refractivity contribution in [2.24, 2.45) is 0 Å². The first-order valence-corrected chi connectivity index (χ1v) is 8.80. The van der Waals surface area contributed by atoms with Gasteiger partial charge in [-0.15, -0.1) is 0 Å². The molecule has 0 unspecified atom stereocenters. The van der Waals surface area contributed by atoms with Crippen LogP contribution in [0, 0.1) is 4.77 Å². The van der Waals surface area contributed by atoms with Gasteiger partial charge in [0.15, 0.2) is 5.52 Å². The summed E-state index contributed by atoms with van der Waals surface area (Å²) in [4.78, 5) is 24.6. The second-order valence-electron chi connectivity index (χ2n) is 6.12. The van der Waals surface area contributed by atoms with Gasteiger partial charge in [-0.2, -0.15) is 4.98 Å². The Morgan fingerprint density at radius 2 is 1.71 bits per heavy atom. The molecule has 7 nitrogen and oxygen atoms in total. The third-order valence-electron chi connectivity index (χ3n) is 4.34. The lowest BCUT2D eigenvalue weighted by atomic mass is 10.0. The van der Waals surface area contributed by atoms with Gasteiger partial charge in [-0.3, -0.25) is 4.79 Å². The van der Waals surface area contributed by atoms with Gasteiger partial charge in [0, 0.05) is 10.8 Å². The smallest absolute Gasteiger partial charge is 0.252 e. The van der Waals surface area contributed by atoms with Crippen molar-refractivity contribution in [3.8, 4) is 23.0 Å². The van der Waals surface area contributed by atoms with E-state index in [1.807, 2.05) is 24.3 Å². The number of fused-ring (bicyclic) bond motifs is 4. The molecular formula is C20H12N4O3S. The zero-order chi connectivity index (χ0) is 19.3. The molecule has 0 amide bonds. The number of anilines is 1. The number of nitrogens with two attached hydrogens (primary N) is 1. The van der Waals surface area contributed by atoms with E-state index >= 15 is 0 Å². The van der Waals surface area contributed by atoms with Gasteiger partial charge in [-0.1, -0.05) is 42.5 Å². The average molecular weight is 388 g/mol. The first kappa shape index (κ1) is 16.4. The van der Waals surface area contributed by atoms with Crippen molar-refractivity contribution in [1.82, 2.24) is 15.0 Å². The lowest BCUT2D eigenvalue weighted by Gasteiger charge is -2.14. The molecule has 5 rings (SSSR count). The van der Waals surface area contributed by atoms with E-state index in [-0.39, 0.29) is 33.2 Å². The Morgan fingerprint density at radius 1 is 1.00 bits per heavy atom. The molecule has 3 N–H and O–H groups in total. The molecule has 0 saturated carbocycles. The first-order chi connectivity index (χ1) is 13.6. The van der Waals surface area contributed by atoms with E-state index in [1.54, 1.807) is 30.3 Å². The van der Waals surface area contributed by atoms with Crippen molar-refractivity contribution in [1.29, 1.82) is 0 Å². The lowest BCUT2D eigenvalue weighted by molar-refractivity contribution is 0.457. The molecule has 136 valence electrons. The summed E-state index contributed by atoms with van der Waals surface area (Å²) in [5.74, 6) is 0.965. The molecule has 28 heavy (non-hydrogen) atoms. The molecule has 8 heteroatoms. The van der Waals surface area contributed by atoms with Gasteiger partial charge in [0.2, 0.25) is 21.7 Å². The van der Waals surface area contributed by atoms with Crippen molar-refractivity contribution in [3.63, 3.8) is 0 Å². The topological polar surface area (TPSA) is 107 Å². The highest BCUT2D eigenvalue weighted by atomic mass is 32.1. The van der Waals surface area contributed by atoms with Crippen molar-refractivity contribution >= 4 is 40.0 Å². The Hall–Kier alpha value is -3.78. The van der Waals surface area contributed by atoms with E-state index in [0.717, 1.165) is 0 Å². The number of nitrogens with zero attached hydrogens (tertiary/aromatic N) is 2. The van der Waals surface area contributed by atoms with Crippen LogP contribution in [0.5, 0.6) is 11.5 Å². The van der Waals surface area contributed by atoms with Gasteiger partial charge >= 0.3 is 0 Å². The molecule has 0 saturated heterocycles. The molecule has 2 heterocycles. The van der Waals surface area contributed by atoms with Crippen LogP contribution < -0.4 is 15.9 Å². The SMILES string of the molecule is Nc1[nH]c(=S)nc2oc3c(Oc4ccccc4)c(=O)c4ccccc4c-3nc12. The fourth-order valence-electron chi connectivity index (χ4n) is 3.10. The molecule has 0 fully saturated rings. The summed E-state index contributed by atoms with van der Waals surface area (Å²) in [7, 11) is 0. The number of ether oxygens (including phenoxy) is 1. The maximum atomic E-state index is 13.1. The van der Waals surface area contributed by atoms with Crippen molar-refractivity contribution in [3.05, 3.63) is 69.6 Å². The summed E-state index contributed by atoms with van der Waals surface area (Å²) >= 11 is 5.06. The maximum absolute atomic E-state index is 13.1. The van der Waals surface area contributed by atoms with Gasteiger partial charge in [0.25, 0.3) is 5.71 Å². The second kappa shape index (κ2) is 6.14. The molecule has 0 bridgehead atoms. The fraction of sp³-hybridized carbons (Fsp3) is 0. The molecule has 2 aliphatic rings. The fourth-order valence-corrected chi connectivity index (χ4v) is 3.29. The molecule has 0 atom stereocenters. The van der Waals surface area contributed by atoms with E-state index in [4.69, 9.17) is 27.1 Å². The second-order valence-corrected chi connectivity index (χ2v) is 6.51. The number of para-hydroxylation sites is 1. The summed E-state index contributed by atoms with van der Waals surface area (Å²) < 4.78 is 12.0. The normalized spacial score (nSPS) is 11.3. The molecule has 1 aromatic heterocycles. The molecule has 0 spiro atoms. The van der Waals surface area contributed by atoms with Crippen LogP contribution in [0.4, 0.5) is 5.82 Å². The number of rotatable bonds is 2. The minimum Gasteiger partial charge on any atom is -0.449 e. The average Bonchev–Trinajstić information content (AvgIpc) is 2.71. The summed E-state index contributed by atoms with van der Waals surface area (Å²) in [6.45, 7) is 0. The summed E-state index contributed by atoms with van der Waals surface area (Å²) in [6, 6.07) is 16.1. The highest BCUT2D eigenvalue weighted by Crippen LogP contribution is 2.38. The van der Waals surface area contributed by atoms with E-state index in [9.17, 15) is 4.79 Å². The number of hydrogen-bond donors (Lipinski definition) is 2. The van der Waals surface area contributed by atoms with E-state index in [1.165, 1.54) is 0 Å². The van der Waals surface area contributed by atoms with Gasteiger partial charge in [-0.05, 0) is 24.4 Å². The van der Waals surface area contributed by atoms with Crippen LogP contribution >= 0.6 is 12.2 Å². The van der Waals surface area contributed by atoms with Gasteiger partial charge in [0.05, 0.1) is 0 Å². The van der Waals surface area contributed by atoms with Crippen molar-refractivity contribution in [2.75, 3.05) is 5.73 Å². The van der Waals surface area contributed by atoms with Crippen LogP contribution in [-0.4, -0.2) is 15.0 Å². The van der Waals surface area contributed by atoms with Gasteiger partial charge in [0.1, 0.15) is 17.3 Å². The monoisotopic (exact) mass is 388 g/mol. The zero-order valence-corrected chi connectivity index (χ0v) is 15.1. The van der Waals surface area contributed by atoms with Crippen LogP contribution in [0.2, 0.25) is 0 Å². The number of nitrogen functional groups attached to an aromatic ring is 1. The van der Waals surface area contributed by atoms with Crippen LogP contribution in [-0.2, 0) is 0 Å². The quantitative estimate of drug-likeness (QED) is 0.264. The minimum atomic E-state index is -0.300. The number of nitrogens with one attached hydrogen (secondary N) is 1. The van der Waals surface area contributed by atoms with Crippen molar-refractivity contribution < 1.29 is 9.15 Å². The largest absolute Gasteiger partial charge is 0.449 e. The highest BCUT2D eigenvalue weighted by Gasteiger charge is 2.25. The van der Waals surface area contributed by atoms with Crippen molar-refractivity contribution in [2.45, 2.75) is 0 Å². The molecule has 1 aliphatic carbocycles. The van der Waals surface area contributed by atoms with Crippen LogP contribution in [0.1, 0.15) is 0 Å². The molecule has 0 radical (unpaired) electrons. The third-order valence-corrected chi connectivity index (χ3v) is 4.54. The molecular weight excluding hydrogens is 376 g/mol. The third kappa shape index (κ3) is 2.50. The Labute approximate surface area is 162 Å². The summed E-state index contributed by atoms with van der Waals surface area (Å²) in [6.07, 6.45) is 0. The number of H-pyrrole nitrogens is 1. The predicted molar refractivity (Wildman–Crippen MR) is 108 cm³/mol. The highest BCUT2D eigenvalue weighted by molar-refractivity contribution is 7.71. The number of benzene rings is 3. The van der Waals surface area contributed by atoms with Gasteiger partial charge in [-0.25, -0.2) is 4.98 Å². The van der Waals surface area contributed by atoms with Crippen LogP contribution in [0.15, 0.2) is 63.8 Å². The maximum Gasteiger partial charge on any atom is 0.252 e. The zero-order valence-electron chi connectivity index (χ0n) is 14.3. The Kier molecular flexibility index (Phi) is 3.59. The predicted octanol–water partition coefficient (Wildman–Crippen LogP) is 4.27. The Bertz CT molecular complexity index is 1440. The van der Waals surface area contributed by atoms with Crippen LogP contribution in [0.25, 0.3) is 33.5 Å². The summed E-state index contributed by atoms with van der Waals surface area (Å²) in [5.41, 5.74) is 6.61. The van der Waals surface area contributed by atoms with E-state index in [2.05, 4.69) is 15.0 Å². The van der Waals surface area contributed by atoms with Crippen LogP contribution in [0.3, 0.4) is 0 Å². The molecule has 2 aromatic carbocycles. The minimum absolute atomic E-state index is 0.0356. The number of aromatic nitrogens is 3. The number of aromatic amines is 1. The van der Waals surface area contributed by atoms with Gasteiger partial charge < -0.3 is 19.9 Å². The lowest BCUT2D eigenvalue weighted by Crippen LogP contribution is -2.10. The summed E-state index contributed by atoms with van der Waals surface area (Å²) in [5, 5.41) is 1.11. The Balaban J connectivity index is 1.94. The number of hydrogen-bond acceptors (Lipinski definition) is 7. The Morgan fingerprint density at radius 3 is 2.50 bits per heavy atom. The standard InChI is InChI=1S/C20H12N4O3S/c21-18-14-19(24-20(28)23-18)27-16-13(22-14)11-8-4-5-9-12(11)15(25)17(16)26-10-6-2-1-3-7-10/h1-9H,(H3,21,23,24,28).